The first-order valence-electron chi connectivity index (χ1n) is 7.76. The van der Waals surface area contributed by atoms with E-state index in [1.807, 2.05) is 6.07 Å². The Kier molecular flexibility index (Phi) is 4.73. The first-order chi connectivity index (χ1) is 12.4. The lowest BCUT2D eigenvalue weighted by molar-refractivity contribution is 0.0700. The van der Waals surface area contributed by atoms with Crippen LogP contribution in [0.15, 0.2) is 67.3 Å². The molecule has 1 heterocycles. The van der Waals surface area contributed by atoms with E-state index in [1.54, 1.807) is 48.5 Å². The van der Waals surface area contributed by atoms with Gasteiger partial charge in [0.2, 0.25) is 10.0 Å². The number of rotatable bonds is 6. The van der Waals surface area contributed by atoms with Crippen molar-refractivity contribution in [3.63, 3.8) is 0 Å². The summed E-state index contributed by atoms with van der Waals surface area (Å²) < 4.78 is 27.0. The van der Waals surface area contributed by atoms with Crippen molar-refractivity contribution in [3.05, 3.63) is 72.8 Å². The van der Waals surface area contributed by atoms with Crippen LogP contribution in [-0.2, 0) is 10.0 Å². The molecule has 0 bridgehead atoms. The van der Waals surface area contributed by atoms with Crippen LogP contribution in [0, 0.1) is 0 Å². The largest absolute Gasteiger partial charge is 0.478 e. The summed E-state index contributed by atoms with van der Waals surface area (Å²) >= 11 is 0. The summed E-state index contributed by atoms with van der Waals surface area (Å²) in [5.41, 5.74) is 1.15. The summed E-state index contributed by atoms with van der Waals surface area (Å²) in [5.74, 6) is -1.58. The first kappa shape index (κ1) is 17.6. The highest BCUT2D eigenvalue weighted by molar-refractivity contribution is 7.92. The second-order valence-corrected chi connectivity index (χ2v) is 7.34. The van der Waals surface area contributed by atoms with Gasteiger partial charge < -0.3 is 5.11 Å². The summed E-state index contributed by atoms with van der Waals surface area (Å²) in [4.78, 5) is 16.5. The number of sulfonamides is 1. The Bertz CT molecular complexity index is 1090. The van der Waals surface area contributed by atoms with Gasteiger partial charge >= 0.3 is 5.97 Å². The van der Waals surface area contributed by atoms with Gasteiger partial charge in [-0.25, -0.2) is 18.2 Å². The van der Waals surface area contributed by atoms with E-state index in [9.17, 15) is 18.3 Å². The van der Waals surface area contributed by atoms with E-state index in [0.29, 0.717) is 16.5 Å². The third-order valence-corrected chi connectivity index (χ3v) is 4.94. The van der Waals surface area contributed by atoms with Crippen molar-refractivity contribution < 1.29 is 18.3 Å². The maximum absolute atomic E-state index is 12.3. The molecule has 26 heavy (non-hydrogen) atoms. The van der Waals surface area contributed by atoms with Gasteiger partial charge in [-0.1, -0.05) is 54.6 Å². The minimum atomic E-state index is -3.81. The van der Waals surface area contributed by atoms with Crippen LogP contribution in [0.3, 0.4) is 0 Å². The molecule has 0 atom stereocenters. The molecule has 0 saturated carbocycles. The standard InChI is InChI=1S/C19H16N2O4S/c1-2-12-26(24,25)21-18-16(19(22)23)14-10-6-7-11-15(14)20-17(18)13-8-4-3-5-9-13/h2-11,21H,1,12H2,(H,22,23). The normalized spacial score (nSPS) is 11.2. The summed E-state index contributed by atoms with van der Waals surface area (Å²) in [5, 5.41) is 10.1. The lowest BCUT2D eigenvalue weighted by Crippen LogP contribution is -2.19. The van der Waals surface area contributed by atoms with Crippen molar-refractivity contribution >= 4 is 32.6 Å². The second-order valence-electron chi connectivity index (χ2n) is 5.57. The molecule has 0 aliphatic heterocycles. The zero-order valence-corrected chi connectivity index (χ0v) is 14.5. The SMILES string of the molecule is C=CCS(=O)(=O)Nc1c(-c2ccccc2)nc2ccccc2c1C(=O)O. The molecule has 132 valence electrons. The number of pyridine rings is 1. The number of carbonyl (C=O) groups is 1. The van der Waals surface area contributed by atoms with E-state index >= 15 is 0 Å². The number of aromatic nitrogens is 1. The first-order valence-corrected chi connectivity index (χ1v) is 9.41. The molecule has 3 rings (SSSR count). The summed E-state index contributed by atoms with van der Waals surface area (Å²) in [6.07, 6.45) is 1.24. The number of carboxylic acids is 1. The van der Waals surface area contributed by atoms with E-state index in [4.69, 9.17) is 0 Å². The Morgan fingerprint density at radius 2 is 1.77 bits per heavy atom. The zero-order chi connectivity index (χ0) is 18.7. The number of fused-ring (bicyclic) bond motifs is 1. The molecule has 0 spiro atoms. The average Bonchev–Trinajstić information content (AvgIpc) is 2.61. The van der Waals surface area contributed by atoms with Crippen molar-refractivity contribution in [2.75, 3.05) is 10.5 Å². The van der Waals surface area contributed by atoms with Gasteiger partial charge in [0.15, 0.2) is 0 Å². The fourth-order valence-corrected chi connectivity index (χ4v) is 3.59. The van der Waals surface area contributed by atoms with E-state index in [2.05, 4.69) is 16.3 Å². The number of nitrogens with zero attached hydrogens (tertiary/aromatic N) is 1. The molecule has 0 aliphatic carbocycles. The van der Waals surface area contributed by atoms with Crippen molar-refractivity contribution in [1.82, 2.24) is 4.98 Å². The van der Waals surface area contributed by atoms with E-state index < -0.39 is 16.0 Å². The minimum absolute atomic E-state index is 0.0516. The van der Waals surface area contributed by atoms with E-state index in [-0.39, 0.29) is 22.7 Å². The molecule has 6 nitrogen and oxygen atoms in total. The smallest absolute Gasteiger partial charge is 0.338 e. The topological polar surface area (TPSA) is 96.4 Å². The number of aromatic carboxylic acids is 1. The van der Waals surface area contributed by atoms with Crippen molar-refractivity contribution in [3.8, 4) is 11.3 Å². The summed E-state index contributed by atoms with van der Waals surface area (Å²) in [6, 6.07) is 15.6. The fourth-order valence-electron chi connectivity index (χ4n) is 2.69. The predicted octanol–water partition coefficient (Wildman–Crippen LogP) is 3.53. The Morgan fingerprint density at radius 3 is 2.42 bits per heavy atom. The number of para-hydroxylation sites is 1. The third kappa shape index (κ3) is 3.43. The summed E-state index contributed by atoms with van der Waals surface area (Å²) in [6.45, 7) is 3.42. The highest BCUT2D eigenvalue weighted by Gasteiger charge is 2.24. The molecule has 0 unspecified atom stereocenters. The molecule has 0 aliphatic rings. The van der Waals surface area contributed by atoms with Crippen LogP contribution < -0.4 is 4.72 Å². The van der Waals surface area contributed by atoms with Gasteiger partial charge in [0.1, 0.15) is 0 Å². The van der Waals surface area contributed by atoms with E-state index in [0.717, 1.165) is 0 Å². The highest BCUT2D eigenvalue weighted by atomic mass is 32.2. The number of anilines is 1. The average molecular weight is 368 g/mol. The number of hydrogen-bond donors (Lipinski definition) is 2. The molecular weight excluding hydrogens is 352 g/mol. The Hall–Kier alpha value is -3.19. The Balaban J connectivity index is 2.39. The van der Waals surface area contributed by atoms with Crippen LogP contribution >= 0.6 is 0 Å². The number of nitrogens with one attached hydrogen (secondary N) is 1. The Morgan fingerprint density at radius 1 is 1.12 bits per heavy atom. The van der Waals surface area contributed by atoms with Crippen molar-refractivity contribution in [1.29, 1.82) is 0 Å². The highest BCUT2D eigenvalue weighted by Crippen LogP contribution is 2.35. The van der Waals surface area contributed by atoms with E-state index in [1.165, 1.54) is 6.08 Å². The second kappa shape index (κ2) is 6.97. The van der Waals surface area contributed by atoms with Gasteiger partial charge in [-0.3, -0.25) is 4.72 Å². The van der Waals surface area contributed by atoms with Crippen LogP contribution in [-0.4, -0.2) is 30.2 Å². The van der Waals surface area contributed by atoms with Crippen LogP contribution in [0.5, 0.6) is 0 Å². The fraction of sp³-hybridized carbons (Fsp3) is 0.0526. The third-order valence-electron chi connectivity index (χ3n) is 3.75. The lowest BCUT2D eigenvalue weighted by Gasteiger charge is -2.16. The molecule has 3 aromatic rings. The maximum Gasteiger partial charge on any atom is 0.338 e. The number of hydrogen-bond acceptors (Lipinski definition) is 4. The van der Waals surface area contributed by atoms with Crippen LogP contribution in [0.1, 0.15) is 10.4 Å². The van der Waals surface area contributed by atoms with Gasteiger partial charge in [0.05, 0.1) is 28.2 Å². The van der Waals surface area contributed by atoms with Crippen LogP contribution in [0.2, 0.25) is 0 Å². The maximum atomic E-state index is 12.3. The van der Waals surface area contributed by atoms with Gasteiger partial charge in [0, 0.05) is 10.9 Å². The molecule has 7 heteroatoms. The summed E-state index contributed by atoms with van der Waals surface area (Å²) in [7, 11) is -3.81. The molecule has 0 fully saturated rings. The quantitative estimate of drug-likeness (QED) is 0.649. The molecule has 2 aromatic carbocycles. The molecule has 0 saturated heterocycles. The lowest BCUT2D eigenvalue weighted by atomic mass is 10.0. The van der Waals surface area contributed by atoms with Gasteiger partial charge in [-0.15, -0.1) is 6.58 Å². The van der Waals surface area contributed by atoms with Crippen molar-refractivity contribution in [2.24, 2.45) is 0 Å². The van der Waals surface area contributed by atoms with Gasteiger partial charge in [0.25, 0.3) is 0 Å². The monoisotopic (exact) mass is 368 g/mol. The molecule has 0 radical (unpaired) electrons. The number of benzene rings is 2. The Labute approximate surface area is 150 Å². The minimum Gasteiger partial charge on any atom is -0.478 e. The number of carboxylic acid groups (broad SMARTS) is 1. The van der Waals surface area contributed by atoms with Gasteiger partial charge in [-0.2, -0.15) is 0 Å². The zero-order valence-electron chi connectivity index (χ0n) is 13.7. The molecule has 2 N–H and O–H groups in total. The molecule has 0 amide bonds. The molecular formula is C19H16N2O4S. The van der Waals surface area contributed by atoms with Crippen LogP contribution in [0.4, 0.5) is 5.69 Å². The van der Waals surface area contributed by atoms with Crippen molar-refractivity contribution in [2.45, 2.75) is 0 Å². The van der Waals surface area contributed by atoms with Gasteiger partial charge in [-0.05, 0) is 6.07 Å². The predicted molar refractivity (Wildman–Crippen MR) is 102 cm³/mol. The molecule has 1 aromatic heterocycles. The van der Waals surface area contributed by atoms with Crippen LogP contribution in [0.25, 0.3) is 22.2 Å².